The number of rotatable bonds is 2. The Morgan fingerprint density at radius 2 is 2.05 bits per heavy atom. The largest absolute Gasteiger partial charge is 0.476 e. The van der Waals surface area contributed by atoms with Crippen molar-refractivity contribution in [3.63, 3.8) is 0 Å². The van der Waals surface area contributed by atoms with Gasteiger partial charge in [0.25, 0.3) is 0 Å². The normalized spacial score (nSPS) is 11.0. The van der Waals surface area contributed by atoms with Crippen molar-refractivity contribution < 1.29 is 9.90 Å². The van der Waals surface area contributed by atoms with Crippen LogP contribution in [0.5, 0.6) is 0 Å². The van der Waals surface area contributed by atoms with Crippen molar-refractivity contribution in [1.29, 1.82) is 0 Å². The molecule has 0 aliphatic rings. The van der Waals surface area contributed by atoms with Crippen LogP contribution in [0.4, 0.5) is 0 Å². The molecule has 106 valence electrons. The Morgan fingerprint density at radius 1 is 1.29 bits per heavy atom. The number of hydrogen-bond acceptors (Lipinski definition) is 3. The molecule has 0 aliphatic carbocycles. The van der Waals surface area contributed by atoms with Gasteiger partial charge in [-0.05, 0) is 17.7 Å². The second-order valence-electron chi connectivity index (χ2n) is 4.18. The van der Waals surface area contributed by atoms with Crippen LogP contribution in [0.3, 0.4) is 0 Å². The molecule has 3 aromatic rings. The zero-order valence-electron chi connectivity index (χ0n) is 10.2. The van der Waals surface area contributed by atoms with E-state index >= 15 is 0 Å². The van der Waals surface area contributed by atoms with Gasteiger partial charge in [0.1, 0.15) is 10.3 Å². The number of halogens is 3. The Balaban J connectivity index is 2.31. The predicted octanol–water partition coefficient (Wildman–Crippen LogP) is 4.16. The third-order valence-corrected chi connectivity index (χ3v) is 3.95. The number of carboxylic acids is 1. The Hall–Kier alpha value is -1.63. The fraction of sp³-hybridized carbons (Fsp3) is 0. The molecule has 0 amide bonds. The maximum absolute atomic E-state index is 11.0. The van der Waals surface area contributed by atoms with Gasteiger partial charge in [0.05, 0.1) is 5.56 Å². The van der Waals surface area contributed by atoms with Crippen LogP contribution in [0, 0.1) is 0 Å². The lowest BCUT2D eigenvalue weighted by atomic mass is 10.1. The van der Waals surface area contributed by atoms with Crippen molar-refractivity contribution in [2.75, 3.05) is 0 Å². The van der Waals surface area contributed by atoms with Crippen LogP contribution in [-0.2, 0) is 0 Å². The maximum Gasteiger partial charge on any atom is 0.356 e. The molecule has 1 N–H and O–H groups in total. The summed E-state index contributed by atoms with van der Waals surface area (Å²) in [7, 11) is 0. The van der Waals surface area contributed by atoms with E-state index in [0.717, 1.165) is 10.0 Å². The lowest BCUT2D eigenvalue weighted by molar-refractivity contribution is 0.0690. The molecular formula is C13H6BrCl2N3O2. The third-order valence-electron chi connectivity index (χ3n) is 2.83. The van der Waals surface area contributed by atoms with Gasteiger partial charge in [0.15, 0.2) is 11.3 Å². The number of hydrogen-bond donors (Lipinski definition) is 1. The molecule has 0 saturated carbocycles. The number of carbonyl (C=O) groups is 1. The van der Waals surface area contributed by atoms with Crippen LogP contribution in [0.15, 0.2) is 34.8 Å². The molecule has 0 saturated heterocycles. The lowest BCUT2D eigenvalue weighted by Gasteiger charge is -2.08. The first kappa shape index (κ1) is 14.3. The molecule has 0 atom stereocenters. The first-order chi connectivity index (χ1) is 9.97. The summed E-state index contributed by atoms with van der Waals surface area (Å²) in [5.41, 5.74) is 1.38. The number of fused-ring (bicyclic) bond motifs is 1. The van der Waals surface area contributed by atoms with E-state index in [0.29, 0.717) is 5.56 Å². The smallest absolute Gasteiger partial charge is 0.356 e. The minimum absolute atomic E-state index is 0.146. The Kier molecular flexibility index (Phi) is 3.61. The van der Waals surface area contributed by atoms with Gasteiger partial charge < -0.3 is 5.11 Å². The van der Waals surface area contributed by atoms with Gasteiger partial charge in [-0.25, -0.2) is 14.3 Å². The van der Waals surface area contributed by atoms with E-state index in [-0.39, 0.29) is 21.6 Å². The first-order valence-electron chi connectivity index (χ1n) is 5.71. The van der Waals surface area contributed by atoms with Gasteiger partial charge in [-0.15, -0.1) is 0 Å². The quantitative estimate of drug-likeness (QED) is 0.671. The highest BCUT2D eigenvalue weighted by Gasteiger charge is 2.18. The fourth-order valence-corrected chi connectivity index (χ4v) is 2.99. The monoisotopic (exact) mass is 385 g/mol. The molecule has 1 aromatic carbocycles. The minimum Gasteiger partial charge on any atom is -0.476 e. The summed E-state index contributed by atoms with van der Waals surface area (Å²) in [5.74, 6) is -1.16. The molecule has 5 nitrogen and oxygen atoms in total. The Labute approximate surface area is 137 Å². The highest BCUT2D eigenvalue weighted by molar-refractivity contribution is 9.10. The molecule has 0 fully saturated rings. The molecule has 0 unspecified atom stereocenters. The molecule has 0 aliphatic heterocycles. The molecule has 3 rings (SSSR count). The highest BCUT2D eigenvalue weighted by atomic mass is 79.9. The Bertz CT molecular complexity index is 879. The van der Waals surface area contributed by atoms with Crippen molar-refractivity contribution >= 4 is 50.7 Å². The molecule has 0 radical (unpaired) electrons. The van der Waals surface area contributed by atoms with Crippen molar-refractivity contribution in [2.45, 2.75) is 0 Å². The van der Waals surface area contributed by atoms with E-state index in [2.05, 4.69) is 26.0 Å². The number of aromatic carboxylic acids is 1. The van der Waals surface area contributed by atoms with Crippen molar-refractivity contribution in [2.24, 2.45) is 0 Å². The molecular weight excluding hydrogens is 381 g/mol. The number of aromatic nitrogens is 3. The summed E-state index contributed by atoms with van der Waals surface area (Å²) in [5, 5.41) is 13.3. The highest BCUT2D eigenvalue weighted by Crippen LogP contribution is 2.35. The minimum atomic E-state index is -1.16. The van der Waals surface area contributed by atoms with Gasteiger partial charge in [-0.3, -0.25) is 0 Å². The summed E-state index contributed by atoms with van der Waals surface area (Å²) >= 11 is 15.9. The zero-order chi connectivity index (χ0) is 15.1. The molecule has 21 heavy (non-hydrogen) atoms. The van der Waals surface area contributed by atoms with Crippen LogP contribution >= 0.6 is 39.1 Å². The van der Waals surface area contributed by atoms with E-state index in [9.17, 15) is 4.79 Å². The standard InChI is InChI=1S/C13H6BrCl2N3O2/c14-7-3-1-2-6(4-7)10-11(15)17-9-5-8(13(20)21)18-19(9)12(10)16/h1-5H,(H,20,21). The number of carboxylic acid groups (broad SMARTS) is 1. The van der Waals surface area contributed by atoms with Gasteiger partial charge >= 0.3 is 5.97 Å². The third kappa shape index (κ3) is 2.50. The summed E-state index contributed by atoms with van der Waals surface area (Å²) < 4.78 is 2.12. The number of benzene rings is 1. The summed E-state index contributed by atoms with van der Waals surface area (Å²) in [6.07, 6.45) is 0. The average Bonchev–Trinajstić information content (AvgIpc) is 2.83. The molecule has 2 heterocycles. The van der Waals surface area contributed by atoms with Crippen molar-refractivity contribution in [1.82, 2.24) is 14.6 Å². The molecule has 0 bridgehead atoms. The summed E-state index contributed by atoms with van der Waals surface area (Å²) in [6, 6.07) is 8.68. The first-order valence-corrected chi connectivity index (χ1v) is 7.26. The fourth-order valence-electron chi connectivity index (χ4n) is 1.93. The van der Waals surface area contributed by atoms with Gasteiger partial charge in [0.2, 0.25) is 0 Å². The van der Waals surface area contributed by atoms with Gasteiger partial charge in [-0.1, -0.05) is 51.3 Å². The van der Waals surface area contributed by atoms with Crippen LogP contribution in [-0.4, -0.2) is 25.7 Å². The predicted molar refractivity (Wildman–Crippen MR) is 83.1 cm³/mol. The summed E-state index contributed by atoms with van der Waals surface area (Å²) in [6.45, 7) is 0. The van der Waals surface area contributed by atoms with E-state index in [1.807, 2.05) is 24.3 Å². The second-order valence-corrected chi connectivity index (χ2v) is 5.82. The van der Waals surface area contributed by atoms with E-state index in [1.165, 1.54) is 10.6 Å². The maximum atomic E-state index is 11.0. The van der Waals surface area contributed by atoms with E-state index in [1.54, 1.807) is 0 Å². The van der Waals surface area contributed by atoms with Crippen LogP contribution in [0.25, 0.3) is 16.8 Å². The van der Waals surface area contributed by atoms with Gasteiger partial charge in [-0.2, -0.15) is 5.10 Å². The van der Waals surface area contributed by atoms with Crippen LogP contribution in [0.2, 0.25) is 10.3 Å². The number of nitrogens with zero attached hydrogens (tertiary/aromatic N) is 3. The average molecular weight is 387 g/mol. The Morgan fingerprint density at radius 3 is 2.71 bits per heavy atom. The van der Waals surface area contributed by atoms with E-state index in [4.69, 9.17) is 28.3 Å². The SMILES string of the molecule is O=C(O)c1cc2nc(Cl)c(-c3cccc(Br)c3)c(Cl)n2n1. The lowest BCUT2D eigenvalue weighted by Crippen LogP contribution is -2.00. The van der Waals surface area contributed by atoms with Crippen molar-refractivity contribution in [3.8, 4) is 11.1 Å². The topological polar surface area (TPSA) is 67.5 Å². The van der Waals surface area contributed by atoms with Crippen LogP contribution < -0.4 is 0 Å². The molecule has 8 heteroatoms. The molecule has 2 aromatic heterocycles. The summed E-state index contributed by atoms with van der Waals surface area (Å²) in [4.78, 5) is 15.1. The zero-order valence-corrected chi connectivity index (χ0v) is 13.3. The molecule has 0 spiro atoms. The van der Waals surface area contributed by atoms with E-state index < -0.39 is 5.97 Å². The van der Waals surface area contributed by atoms with Crippen LogP contribution in [0.1, 0.15) is 10.5 Å². The second kappa shape index (κ2) is 5.29. The van der Waals surface area contributed by atoms with Crippen molar-refractivity contribution in [3.05, 3.63) is 50.8 Å². The van der Waals surface area contributed by atoms with Gasteiger partial charge in [0, 0.05) is 10.5 Å².